The summed E-state index contributed by atoms with van der Waals surface area (Å²) in [5.41, 5.74) is 0.484. The molecule has 2 aliphatic rings. The molecule has 3 atom stereocenters. The van der Waals surface area contributed by atoms with Gasteiger partial charge in [0.15, 0.2) is 11.5 Å². The Morgan fingerprint density at radius 1 is 1.26 bits per heavy atom. The van der Waals surface area contributed by atoms with Crippen LogP contribution in [0.1, 0.15) is 39.2 Å². The van der Waals surface area contributed by atoms with Crippen LogP contribution in [0.3, 0.4) is 0 Å². The molecular weight excluding hydrogens is 452 g/mol. The van der Waals surface area contributed by atoms with E-state index in [1.807, 2.05) is 26.8 Å². The lowest BCUT2D eigenvalue weighted by Crippen LogP contribution is -2.54. The van der Waals surface area contributed by atoms with Crippen molar-refractivity contribution in [1.82, 2.24) is 20.1 Å². The third kappa shape index (κ3) is 5.70. The molecule has 2 aromatic heterocycles. The number of hydrogen-bond donors (Lipinski definition) is 1. The number of likely N-dealkylation sites (tertiary alicyclic amines) is 2. The van der Waals surface area contributed by atoms with E-state index in [0.717, 1.165) is 5.56 Å². The number of Topliss-reactive ketones (excluding diaryl/α,β-unsaturated/α-hetero) is 1. The minimum atomic E-state index is -0.888. The van der Waals surface area contributed by atoms with Gasteiger partial charge < -0.3 is 24.3 Å². The summed E-state index contributed by atoms with van der Waals surface area (Å²) in [5.74, 6) is -0.469. The lowest BCUT2D eigenvalue weighted by molar-refractivity contribution is -0.138. The average molecular weight is 483 g/mol. The fourth-order valence-electron chi connectivity index (χ4n) is 4.77. The molecular formula is C25H30N4O6. The van der Waals surface area contributed by atoms with Gasteiger partial charge >= 0.3 is 6.09 Å². The molecule has 0 aliphatic carbocycles. The molecule has 3 amide bonds. The second kappa shape index (κ2) is 9.89. The third-order valence-electron chi connectivity index (χ3n) is 6.22. The number of carbonyl (C=O) groups excluding carboxylic acids is 4. The van der Waals surface area contributed by atoms with Crippen molar-refractivity contribution >= 4 is 23.7 Å². The van der Waals surface area contributed by atoms with Crippen molar-refractivity contribution in [3.8, 4) is 5.75 Å². The normalized spacial score (nSPS) is 20.5. The van der Waals surface area contributed by atoms with Crippen molar-refractivity contribution in [2.24, 2.45) is 5.41 Å². The van der Waals surface area contributed by atoms with Crippen LogP contribution in [-0.2, 0) is 20.8 Å². The second-order valence-corrected chi connectivity index (χ2v) is 10.2. The molecule has 2 saturated heterocycles. The van der Waals surface area contributed by atoms with E-state index in [0.29, 0.717) is 19.4 Å². The number of hydrogen-bond acceptors (Lipinski definition) is 7. The molecule has 2 aromatic rings. The maximum atomic E-state index is 13.6. The predicted octanol–water partition coefficient (Wildman–Crippen LogP) is 2.19. The van der Waals surface area contributed by atoms with Gasteiger partial charge in [-0.25, -0.2) is 4.79 Å². The molecule has 1 N–H and O–H groups in total. The van der Waals surface area contributed by atoms with E-state index in [-0.39, 0.29) is 47.8 Å². The average Bonchev–Trinajstić information content (AvgIpc) is 3.51. The van der Waals surface area contributed by atoms with Gasteiger partial charge in [0.2, 0.25) is 11.8 Å². The van der Waals surface area contributed by atoms with Gasteiger partial charge in [-0.2, -0.15) is 0 Å². The molecule has 2 aliphatic heterocycles. The van der Waals surface area contributed by atoms with Crippen molar-refractivity contribution in [1.29, 1.82) is 0 Å². The minimum absolute atomic E-state index is 0.0297. The quantitative estimate of drug-likeness (QED) is 0.670. The Morgan fingerprint density at radius 3 is 2.71 bits per heavy atom. The topological polar surface area (TPSA) is 122 Å². The predicted molar refractivity (Wildman–Crippen MR) is 124 cm³/mol. The fraction of sp³-hybridized carbons (Fsp3) is 0.480. The molecule has 0 radical (unpaired) electrons. The van der Waals surface area contributed by atoms with Crippen LogP contribution in [0.25, 0.3) is 0 Å². The van der Waals surface area contributed by atoms with Crippen LogP contribution in [0, 0.1) is 5.41 Å². The number of rotatable bonds is 6. The van der Waals surface area contributed by atoms with Crippen LogP contribution in [0.4, 0.5) is 4.79 Å². The molecule has 35 heavy (non-hydrogen) atoms. The zero-order valence-corrected chi connectivity index (χ0v) is 20.1. The lowest BCUT2D eigenvalue weighted by atomic mass is 9.87. The molecule has 0 saturated carbocycles. The van der Waals surface area contributed by atoms with Crippen molar-refractivity contribution in [2.45, 2.75) is 58.2 Å². The summed E-state index contributed by atoms with van der Waals surface area (Å²) >= 11 is 0. The van der Waals surface area contributed by atoms with E-state index in [1.165, 1.54) is 23.5 Å². The molecule has 10 heteroatoms. The standard InChI is InChI=1S/C25H30N4O6/c1-25(2,3)12-18(27-24(33)35-17-7-10-34-15-17)23(32)28-9-6-19-22(28)20(30)14-29(19)21(31)11-16-5-4-8-26-13-16/h4-5,7-8,10,13,15,18-19,22H,6,9,11-12,14H2,1-3H3,(H,27,33). The van der Waals surface area contributed by atoms with Crippen LogP contribution >= 0.6 is 0 Å². The summed E-state index contributed by atoms with van der Waals surface area (Å²) in [6.07, 6.45) is 6.13. The molecule has 0 aromatic carbocycles. The number of pyridine rings is 1. The number of amides is 3. The molecule has 10 nitrogen and oxygen atoms in total. The van der Waals surface area contributed by atoms with Crippen LogP contribution in [0.2, 0.25) is 0 Å². The van der Waals surface area contributed by atoms with Gasteiger partial charge in [0.25, 0.3) is 0 Å². The Bertz CT molecular complexity index is 1080. The van der Waals surface area contributed by atoms with E-state index in [9.17, 15) is 19.2 Å². The van der Waals surface area contributed by atoms with E-state index >= 15 is 0 Å². The Morgan fingerprint density at radius 2 is 2.06 bits per heavy atom. The number of furan rings is 1. The van der Waals surface area contributed by atoms with Crippen molar-refractivity contribution in [2.75, 3.05) is 13.1 Å². The molecule has 186 valence electrons. The number of fused-ring (bicyclic) bond motifs is 1. The Hall–Kier alpha value is -3.69. The summed E-state index contributed by atoms with van der Waals surface area (Å²) in [5, 5.41) is 2.66. The SMILES string of the molecule is CC(C)(C)CC(NC(=O)Oc1ccoc1)C(=O)N1CCC2C1C(=O)CN2C(=O)Cc1cccnc1. The highest BCUT2D eigenvalue weighted by atomic mass is 16.6. The first-order valence-corrected chi connectivity index (χ1v) is 11.6. The first-order chi connectivity index (χ1) is 16.6. The molecule has 4 heterocycles. The number of carbonyl (C=O) groups is 4. The number of aromatic nitrogens is 1. The van der Waals surface area contributed by atoms with Gasteiger partial charge in [0.1, 0.15) is 18.3 Å². The summed E-state index contributed by atoms with van der Waals surface area (Å²) < 4.78 is 10.1. The van der Waals surface area contributed by atoms with E-state index < -0.39 is 18.2 Å². The molecule has 3 unspecified atom stereocenters. The van der Waals surface area contributed by atoms with Crippen LogP contribution in [0.15, 0.2) is 47.5 Å². The number of nitrogens with one attached hydrogen (secondary N) is 1. The Kier molecular flexibility index (Phi) is 6.90. The maximum Gasteiger partial charge on any atom is 0.413 e. The van der Waals surface area contributed by atoms with E-state index in [2.05, 4.69) is 10.3 Å². The summed E-state index contributed by atoms with van der Waals surface area (Å²) in [6.45, 7) is 6.18. The van der Waals surface area contributed by atoms with Crippen LogP contribution < -0.4 is 10.1 Å². The number of nitrogens with zero attached hydrogens (tertiary/aromatic N) is 3. The largest absolute Gasteiger partial charge is 0.469 e. The smallest absolute Gasteiger partial charge is 0.413 e. The highest BCUT2D eigenvalue weighted by Gasteiger charge is 2.52. The summed E-state index contributed by atoms with van der Waals surface area (Å²) in [6, 6.07) is 3.09. The Balaban J connectivity index is 1.46. The first-order valence-electron chi connectivity index (χ1n) is 11.6. The second-order valence-electron chi connectivity index (χ2n) is 10.2. The van der Waals surface area contributed by atoms with Crippen LogP contribution in [0.5, 0.6) is 5.75 Å². The highest BCUT2D eigenvalue weighted by Crippen LogP contribution is 2.32. The molecule has 0 spiro atoms. The molecule has 4 rings (SSSR count). The van der Waals surface area contributed by atoms with Gasteiger partial charge in [0.05, 0.1) is 25.3 Å². The summed E-state index contributed by atoms with van der Waals surface area (Å²) in [4.78, 5) is 59.1. The van der Waals surface area contributed by atoms with Crippen molar-refractivity contribution in [3.05, 3.63) is 48.7 Å². The van der Waals surface area contributed by atoms with E-state index in [1.54, 1.807) is 23.4 Å². The summed E-state index contributed by atoms with van der Waals surface area (Å²) in [7, 11) is 0. The van der Waals surface area contributed by atoms with Crippen molar-refractivity contribution in [3.63, 3.8) is 0 Å². The van der Waals surface area contributed by atoms with Crippen molar-refractivity contribution < 1.29 is 28.3 Å². The van der Waals surface area contributed by atoms with Gasteiger partial charge in [-0.3, -0.25) is 19.4 Å². The lowest BCUT2D eigenvalue weighted by Gasteiger charge is -2.31. The van der Waals surface area contributed by atoms with Gasteiger partial charge in [-0.05, 0) is 29.9 Å². The third-order valence-corrected chi connectivity index (χ3v) is 6.22. The van der Waals surface area contributed by atoms with Crippen LogP contribution in [-0.4, -0.2) is 69.7 Å². The van der Waals surface area contributed by atoms with Gasteiger partial charge in [-0.15, -0.1) is 0 Å². The first kappa shape index (κ1) is 24.4. The minimum Gasteiger partial charge on any atom is -0.469 e. The number of ketones is 1. The maximum absolute atomic E-state index is 13.6. The highest BCUT2D eigenvalue weighted by molar-refractivity contribution is 5.99. The van der Waals surface area contributed by atoms with Gasteiger partial charge in [0, 0.05) is 25.0 Å². The zero-order valence-electron chi connectivity index (χ0n) is 20.1. The fourth-order valence-corrected chi connectivity index (χ4v) is 4.77. The molecule has 2 fully saturated rings. The monoisotopic (exact) mass is 482 g/mol. The number of ether oxygens (including phenoxy) is 1. The van der Waals surface area contributed by atoms with Gasteiger partial charge in [-0.1, -0.05) is 26.8 Å². The zero-order chi connectivity index (χ0) is 25.2. The Labute approximate surface area is 203 Å². The van der Waals surface area contributed by atoms with E-state index in [4.69, 9.17) is 9.15 Å². The molecule has 0 bridgehead atoms.